The maximum absolute atomic E-state index is 12.3. The SMILES string of the molecule is CCc1cccc(C)c1NC(=O)COc1cc2oc(=O)cc(C)c2cc1Cl. The number of hydrogen-bond acceptors (Lipinski definition) is 4. The number of benzene rings is 2. The molecule has 0 saturated carbocycles. The van der Waals surface area contributed by atoms with Crippen molar-refractivity contribution in [3.8, 4) is 5.75 Å². The van der Waals surface area contributed by atoms with Gasteiger partial charge in [-0.1, -0.05) is 36.7 Å². The Morgan fingerprint density at radius 2 is 1.96 bits per heavy atom. The highest BCUT2D eigenvalue weighted by atomic mass is 35.5. The van der Waals surface area contributed by atoms with Crippen LogP contribution in [-0.2, 0) is 11.2 Å². The van der Waals surface area contributed by atoms with Crippen LogP contribution in [0.5, 0.6) is 5.75 Å². The first-order valence-electron chi connectivity index (χ1n) is 8.64. The molecule has 0 saturated heterocycles. The Balaban J connectivity index is 1.78. The van der Waals surface area contributed by atoms with E-state index in [1.54, 1.807) is 13.0 Å². The van der Waals surface area contributed by atoms with Crippen LogP contribution < -0.4 is 15.7 Å². The maximum atomic E-state index is 12.3. The third-order valence-electron chi connectivity index (χ3n) is 4.37. The molecule has 2 aromatic carbocycles. The van der Waals surface area contributed by atoms with E-state index >= 15 is 0 Å². The van der Waals surface area contributed by atoms with Crippen LogP contribution in [0.4, 0.5) is 5.69 Å². The van der Waals surface area contributed by atoms with E-state index in [9.17, 15) is 9.59 Å². The van der Waals surface area contributed by atoms with E-state index in [4.69, 9.17) is 20.8 Å². The van der Waals surface area contributed by atoms with E-state index in [1.807, 2.05) is 32.0 Å². The number of hydrogen-bond donors (Lipinski definition) is 1. The average molecular weight is 386 g/mol. The highest BCUT2D eigenvalue weighted by Gasteiger charge is 2.13. The van der Waals surface area contributed by atoms with Crippen molar-refractivity contribution in [1.29, 1.82) is 0 Å². The number of carbonyl (C=O) groups excluding carboxylic acids is 1. The molecule has 3 aromatic rings. The zero-order valence-electron chi connectivity index (χ0n) is 15.4. The summed E-state index contributed by atoms with van der Waals surface area (Å²) in [6.07, 6.45) is 0.813. The molecule has 0 radical (unpaired) electrons. The van der Waals surface area contributed by atoms with Crippen LogP contribution in [0.15, 0.2) is 45.6 Å². The molecular weight excluding hydrogens is 366 g/mol. The number of halogens is 1. The molecule has 1 heterocycles. The molecule has 0 aliphatic rings. The maximum Gasteiger partial charge on any atom is 0.336 e. The largest absolute Gasteiger partial charge is 0.482 e. The third kappa shape index (κ3) is 4.14. The first-order valence-corrected chi connectivity index (χ1v) is 9.02. The Hall–Kier alpha value is -2.79. The number of ether oxygens (including phenoxy) is 1. The molecule has 0 spiro atoms. The molecule has 0 aliphatic heterocycles. The lowest BCUT2D eigenvalue weighted by atomic mass is 10.1. The summed E-state index contributed by atoms with van der Waals surface area (Å²) < 4.78 is 10.8. The van der Waals surface area contributed by atoms with Gasteiger partial charge in [-0.05, 0) is 43.0 Å². The van der Waals surface area contributed by atoms with Crippen molar-refractivity contribution >= 4 is 34.2 Å². The fourth-order valence-electron chi connectivity index (χ4n) is 2.95. The van der Waals surface area contributed by atoms with Gasteiger partial charge in [0.25, 0.3) is 5.91 Å². The van der Waals surface area contributed by atoms with Crippen molar-refractivity contribution in [2.24, 2.45) is 0 Å². The predicted octanol–water partition coefficient (Wildman–Crippen LogP) is 4.64. The van der Waals surface area contributed by atoms with Gasteiger partial charge in [-0.2, -0.15) is 0 Å². The Labute approximate surface area is 161 Å². The van der Waals surface area contributed by atoms with Gasteiger partial charge in [-0.3, -0.25) is 4.79 Å². The summed E-state index contributed by atoms with van der Waals surface area (Å²) in [5.41, 5.74) is 3.54. The summed E-state index contributed by atoms with van der Waals surface area (Å²) in [5, 5.41) is 3.97. The van der Waals surface area contributed by atoms with Gasteiger partial charge in [0.05, 0.1) is 5.02 Å². The van der Waals surface area contributed by atoms with Gasteiger partial charge in [0.1, 0.15) is 11.3 Å². The number of anilines is 1. The Bertz CT molecular complexity index is 1070. The molecule has 0 fully saturated rings. The van der Waals surface area contributed by atoms with Gasteiger partial charge in [-0.25, -0.2) is 4.79 Å². The number of rotatable bonds is 5. The van der Waals surface area contributed by atoms with Crippen LogP contribution in [0.1, 0.15) is 23.6 Å². The van der Waals surface area contributed by atoms with Crippen LogP contribution in [0.25, 0.3) is 11.0 Å². The van der Waals surface area contributed by atoms with Gasteiger partial charge in [0, 0.05) is 23.2 Å². The standard InChI is InChI=1S/C21H20ClNO4/c1-4-14-7-5-6-12(2)21(14)23-19(24)11-26-18-10-17-15(9-16(18)22)13(3)8-20(25)27-17/h5-10H,4,11H2,1-3H3,(H,23,24). The molecule has 1 amide bonds. The van der Waals surface area contributed by atoms with Crippen LogP contribution in [0.3, 0.4) is 0 Å². The number of aryl methyl sites for hydroxylation is 3. The van der Waals surface area contributed by atoms with Crippen LogP contribution in [0, 0.1) is 13.8 Å². The Morgan fingerprint density at radius 1 is 1.19 bits per heavy atom. The third-order valence-corrected chi connectivity index (χ3v) is 4.66. The van der Waals surface area contributed by atoms with E-state index in [1.165, 1.54) is 12.1 Å². The van der Waals surface area contributed by atoms with Gasteiger partial charge in [0.15, 0.2) is 6.61 Å². The average Bonchev–Trinajstić information content (AvgIpc) is 2.62. The second kappa shape index (κ2) is 7.84. The second-order valence-electron chi connectivity index (χ2n) is 6.33. The minimum atomic E-state index is -0.447. The lowest BCUT2D eigenvalue weighted by molar-refractivity contribution is -0.118. The molecule has 0 aliphatic carbocycles. The zero-order valence-corrected chi connectivity index (χ0v) is 16.1. The molecule has 27 heavy (non-hydrogen) atoms. The van der Waals surface area contributed by atoms with Gasteiger partial charge >= 0.3 is 5.63 Å². The summed E-state index contributed by atoms with van der Waals surface area (Å²) in [7, 11) is 0. The van der Waals surface area contributed by atoms with Crippen LogP contribution in [-0.4, -0.2) is 12.5 Å². The number of para-hydroxylation sites is 1. The highest BCUT2D eigenvalue weighted by molar-refractivity contribution is 6.32. The van der Waals surface area contributed by atoms with Crippen molar-refractivity contribution < 1.29 is 13.9 Å². The smallest absolute Gasteiger partial charge is 0.336 e. The molecule has 3 rings (SSSR count). The van der Waals surface area contributed by atoms with E-state index in [2.05, 4.69) is 5.32 Å². The quantitative estimate of drug-likeness (QED) is 0.649. The predicted molar refractivity (Wildman–Crippen MR) is 107 cm³/mol. The summed E-state index contributed by atoms with van der Waals surface area (Å²) in [6, 6.07) is 10.5. The normalized spacial score (nSPS) is 10.8. The van der Waals surface area contributed by atoms with Gasteiger partial charge in [0.2, 0.25) is 0 Å². The lowest BCUT2D eigenvalue weighted by Crippen LogP contribution is -2.21. The van der Waals surface area contributed by atoms with Gasteiger partial charge in [-0.15, -0.1) is 0 Å². The molecule has 1 aromatic heterocycles. The zero-order chi connectivity index (χ0) is 19.6. The summed E-state index contributed by atoms with van der Waals surface area (Å²) in [6.45, 7) is 5.57. The van der Waals surface area contributed by atoms with Crippen molar-refractivity contribution in [3.05, 3.63) is 68.5 Å². The van der Waals surface area contributed by atoms with Crippen molar-refractivity contribution in [2.75, 3.05) is 11.9 Å². The minimum Gasteiger partial charge on any atom is -0.482 e. The van der Waals surface area contributed by atoms with Crippen molar-refractivity contribution in [1.82, 2.24) is 0 Å². The van der Waals surface area contributed by atoms with E-state index < -0.39 is 5.63 Å². The van der Waals surface area contributed by atoms with Crippen molar-refractivity contribution in [3.63, 3.8) is 0 Å². The number of amides is 1. The summed E-state index contributed by atoms with van der Waals surface area (Å²) in [4.78, 5) is 23.9. The van der Waals surface area contributed by atoms with E-state index in [0.717, 1.165) is 34.2 Å². The fourth-order valence-corrected chi connectivity index (χ4v) is 3.17. The van der Waals surface area contributed by atoms with E-state index in [0.29, 0.717) is 10.6 Å². The molecule has 0 atom stereocenters. The molecule has 6 heteroatoms. The van der Waals surface area contributed by atoms with Crippen LogP contribution in [0.2, 0.25) is 5.02 Å². The molecular formula is C21H20ClNO4. The summed E-state index contributed by atoms with van der Waals surface area (Å²) >= 11 is 6.26. The monoisotopic (exact) mass is 385 g/mol. The lowest BCUT2D eigenvalue weighted by Gasteiger charge is -2.14. The van der Waals surface area contributed by atoms with Crippen molar-refractivity contribution in [2.45, 2.75) is 27.2 Å². The molecule has 140 valence electrons. The Kier molecular flexibility index (Phi) is 5.51. The highest BCUT2D eigenvalue weighted by Crippen LogP contribution is 2.31. The Morgan fingerprint density at radius 3 is 2.70 bits per heavy atom. The topological polar surface area (TPSA) is 68.5 Å². The fraction of sp³-hybridized carbons (Fsp3) is 0.238. The molecule has 5 nitrogen and oxygen atoms in total. The molecule has 0 bridgehead atoms. The summed E-state index contributed by atoms with van der Waals surface area (Å²) in [5.74, 6) is -0.00516. The van der Waals surface area contributed by atoms with Gasteiger partial charge < -0.3 is 14.5 Å². The molecule has 1 N–H and O–H groups in total. The van der Waals surface area contributed by atoms with E-state index in [-0.39, 0.29) is 18.3 Å². The first kappa shape index (κ1) is 19.0. The van der Waals surface area contributed by atoms with Crippen LogP contribution >= 0.6 is 11.6 Å². The number of carbonyl (C=O) groups is 1. The first-order chi connectivity index (χ1) is 12.9. The number of nitrogens with one attached hydrogen (secondary N) is 1. The minimum absolute atomic E-state index is 0.210. The second-order valence-corrected chi connectivity index (χ2v) is 6.73. The number of fused-ring (bicyclic) bond motifs is 1. The molecule has 0 unspecified atom stereocenters.